The zero-order valence-corrected chi connectivity index (χ0v) is 9.60. The number of hydrogen-bond donors (Lipinski definition) is 1. The van der Waals surface area contributed by atoms with Crippen LogP contribution < -0.4 is 0 Å². The monoisotopic (exact) mass is 240 g/mol. The van der Waals surface area contributed by atoms with Crippen molar-refractivity contribution in [3.8, 4) is 22.9 Å². The van der Waals surface area contributed by atoms with Gasteiger partial charge in [-0.15, -0.1) is 0 Å². The van der Waals surface area contributed by atoms with Crippen LogP contribution in [-0.4, -0.2) is 25.1 Å². The van der Waals surface area contributed by atoms with E-state index in [2.05, 4.69) is 25.1 Å². The van der Waals surface area contributed by atoms with Gasteiger partial charge in [-0.3, -0.25) is 10.1 Å². The quantitative estimate of drug-likeness (QED) is 0.746. The standard InChI is InChI=1S/C13H11N5/c1-9-2-4-10(5-3-9)12-16-13(18-17-12)11-8-14-6-7-15-11/h2-8H,1H3,(H,16,17,18)/i6D,7D,8D. The van der Waals surface area contributed by atoms with E-state index in [1.807, 2.05) is 31.2 Å². The Kier molecular flexibility index (Phi) is 1.87. The highest BCUT2D eigenvalue weighted by molar-refractivity contribution is 5.58. The van der Waals surface area contributed by atoms with Crippen LogP contribution in [0.4, 0.5) is 0 Å². The number of benzene rings is 1. The van der Waals surface area contributed by atoms with Gasteiger partial charge in [-0.1, -0.05) is 29.8 Å². The minimum atomic E-state index is -0.331. The maximum Gasteiger partial charge on any atom is 0.181 e. The van der Waals surface area contributed by atoms with Crippen LogP contribution in [0.25, 0.3) is 22.9 Å². The lowest BCUT2D eigenvalue weighted by atomic mass is 10.1. The molecule has 5 heteroatoms. The third-order valence-electron chi connectivity index (χ3n) is 2.45. The third kappa shape index (κ3) is 1.98. The highest BCUT2D eigenvalue weighted by Crippen LogP contribution is 2.18. The third-order valence-corrected chi connectivity index (χ3v) is 2.45. The summed E-state index contributed by atoms with van der Waals surface area (Å²) in [5, 5.41) is 6.78. The van der Waals surface area contributed by atoms with Gasteiger partial charge in [0.15, 0.2) is 11.6 Å². The molecule has 3 rings (SSSR count). The topological polar surface area (TPSA) is 67.3 Å². The number of H-pyrrole nitrogens is 1. The fourth-order valence-corrected chi connectivity index (χ4v) is 1.52. The van der Waals surface area contributed by atoms with E-state index in [-0.39, 0.29) is 30.0 Å². The van der Waals surface area contributed by atoms with E-state index >= 15 is 0 Å². The maximum absolute atomic E-state index is 7.72. The molecule has 0 saturated carbocycles. The van der Waals surface area contributed by atoms with Crippen LogP contribution in [0.3, 0.4) is 0 Å². The second kappa shape index (κ2) is 4.37. The summed E-state index contributed by atoms with van der Waals surface area (Å²) in [7, 11) is 0. The van der Waals surface area contributed by atoms with Gasteiger partial charge in [0.05, 0.1) is 10.3 Å². The average Bonchev–Trinajstić information content (AvgIpc) is 2.93. The van der Waals surface area contributed by atoms with Gasteiger partial charge >= 0.3 is 0 Å². The van der Waals surface area contributed by atoms with Gasteiger partial charge < -0.3 is 0 Å². The van der Waals surface area contributed by atoms with Gasteiger partial charge in [-0.2, -0.15) is 5.10 Å². The van der Waals surface area contributed by atoms with E-state index in [4.69, 9.17) is 4.11 Å². The van der Waals surface area contributed by atoms with Crippen molar-refractivity contribution < 1.29 is 4.11 Å². The maximum atomic E-state index is 7.72. The molecule has 0 aliphatic carbocycles. The van der Waals surface area contributed by atoms with Crippen LogP contribution in [0, 0.1) is 6.92 Å². The lowest BCUT2D eigenvalue weighted by molar-refractivity contribution is 1.08. The molecule has 1 N–H and O–H groups in total. The Morgan fingerprint density at radius 1 is 1.17 bits per heavy atom. The first-order valence-electron chi connectivity index (χ1n) is 6.86. The van der Waals surface area contributed by atoms with Crippen molar-refractivity contribution >= 4 is 0 Å². The molecule has 0 fully saturated rings. The van der Waals surface area contributed by atoms with Crippen molar-refractivity contribution in [2.45, 2.75) is 6.92 Å². The van der Waals surface area contributed by atoms with E-state index in [0.717, 1.165) is 11.1 Å². The first-order chi connectivity index (χ1) is 10.0. The first kappa shape index (κ1) is 7.71. The summed E-state index contributed by atoms with van der Waals surface area (Å²) in [5.74, 6) is 0.740. The largest absolute Gasteiger partial charge is 0.261 e. The van der Waals surface area contributed by atoms with Crippen molar-refractivity contribution in [2.75, 3.05) is 0 Å². The van der Waals surface area contributed by atoms with Crippen molar-refractivity contribution in [3.63, 3.8) is 0 Å². The smallest absolute Gasteiger partial charge is 0.181 e. The van der Waals surface area contributed by atoms with E-state index in [1.165, 1.54) is 0 Å². The molecule has 0 spiro atoms. The number of aryl methyl sites for hydroxylation is 1. The highest BCUT2D eigenvalue weighted by Gasteiger charge is 2.08. The Balaban J connectivity index is 2.02. The molecule has 18 heavy (non-hydrogen) atoms. The molecule has 88 valence electrons. The Labute approximate surface area is 108 Å². The Hall–Kier alpha value is -2.56. The predicted octanol–water partition coefficient (Wildman–Crippen LogP) is 2.24. The van der Waals surface area contributed by atoms with Crippen molar-refractivity contribution in [1.29, 1.82) is 0 Å². The second-order valence-corrected chi connectivity index (χ2v) is 3.78. The molecule has 0 saturated heterocycles. The van der Waals surface area contributed by atoms with E-state index in [1.54, 1.807) is 0 Å². The van der Waals surface area contributed by atoms with Gasteiger partial charge in [0.2, 0.25) is 0 Å². The van der Waals surface area contributed by atoms with Gasteiger partial charge in [0.1, 0.15) is 5.69 Å². The Morgan fingerprint density at radius 2 is 2.00 bits per heavy atom. The SMILES string of the molecule is [2H]c1nc([2H])c(-c2nc(-c3ccc(C)cc3)n[nH]2)nc1[2H]. The molecule has 0 bridgehead atoms. The molecule has 1 aromatic carbocycles. The van der Waals surface area contributed by atoms with E-state index in [0.29, 0.717) is 5.82 Å². The molecule has 5 nitrogen and oxygen atoms in total. The zero-order valence-electron chi connectivity index (χ0n) is 12.6. The molecule has 2 heterocycles. The fraction of sp³-hybridized carbons (Fsp3) is 0.0769. The predicted molar refractivity (Wildman–Crippen MR) is 67.6 cm³/mol. The number of nitrogens with zero attached hydrogens (tertiary/aromatic N) is 4. The summed E-state index contributed by atoms with van der Waals surface area (Å²) in [5.41, 5.74) is 2.09. The Morgan fingerprint density at radius 3 is 2.83 bits per heavy atom. The van der Waals surface area contributed by atoms with Crippen molar-refractivity contribution in [3.05, 3.63) is 48.3 Å². The van der Waals surface area contributed by atoms with Crippen LogP contribution in [0.5, 0.6) is 0 Å². The zero-order chi connectivity index (χ0) is 15.0. The number of nitrogens with one attached hydrogen (secondary N) is 1. The van der Waals surface area contributed by atoms with Gasteiger partial charge in [0, 0.05) is 17.9 Å². The fourth-order valence-electron chi connectivity index (χ4n) is 1.52. The number of aromatic nitrogens is 5. The number of rotatable bonds is 2. The molecule has 0 radical (unpaired) electrons. The minimum Gasteiger partial charge on any atom is -0.261 e. The molecule has 0 atom stereocenters. The number of hydrogen-bond acceptors (Lipinski definition) is 4. The lowest BCUT2D eigenvalue weighted by Gasteiger charge is -1.95. The van der Waals surface area contributed by atoms with Crippen LogP contribution in [0.2, 0.25) is 0 Å². The summed E-state index contributed by atoms with van der Waals surface area (Å²) >= 11 is 0. The van der Waals surface area contributed by atoms with Crippen molar-refractivity contribution in [2.24, 2.45) is 0 Å². The summed E-state index contributed by atoms with van der Waals surface area (Å²) in [6.07, 6.45) is -0.834. The van der Waals surface area contributed by atoms with Gasteiger partial charge in [-0.05, 0) is 6.92 Å². The molecule has 2 aromatic heterocycles. The van der Waals surface area contributed by atoms with E-state index in [9.17, 15) is 0 Å². The lowest BCUT2D eigenvalue weighted by Crippen LogP contribution is -1.86. The van der Waals surface area contributed by atoms with Crippen LogP contribution in [0.1, 0.15) is 9.68 Å². The van der Waals surface area contributed by atoms with Crippen molar-refractivity contribution in [1.82, 2.24) is 25.1 Å². The van der Waals surface area contributed by atoms with E-state index < -0.39 is 0 Å². The molecule has 0 amide bonds. The summed E-state index contributed by atoms with van der Waals surface area (Å²) in [6.45, 7) is 1.99. The summed E-state index contributed by atoms with van der Waals surface area (Å²) in [4.78, 5) is 11.8. The molecule has 3 aromatic rings. The normalized spacial score (nSPS) is 12.8. The second-order valence-electron chi connectivity index (χ2n) is 3.78. The Bertz CT molecular complexity index is 798. The van der Waals surface area contributed by atoms with Gasteiger partial charge in [0.25, 0.3) is 0 Å². The highest BCUT2D eigenvalue weighted by atomic mass is 15.2. The van der Waals surface area contributed by atoms with Crippen LogP contribution in [0.15, 0.2) is 42.8 Å². The van der Waals surface area contributed by atoms with Gasteiger partial charge in [-0.25, -0.2) is 9.97 Å². The minimum absolute atomic E-state index is 0.113. The molecule has 0 aliphatic heterocycles. The molecular formula is C13H11N5. The molecular weight excluding hydrogens is 226 g/mol. The number of aromatic amines is 1. The molecule has 0 unspecified atom stereocenters. The summed E-state index contributed by atoms with van der Waals surface area (Å²) in [6, 6.07) is 7.71. The summed E-state index contributed by atoms with van der Waals surface area (Å²) < 4.78 is 22.6. The first-order valence-corrected chi connectivity index (χ1v) is 5.36. The molecule has 0 aliphatic rings. The van der Waals surface area contributed by atoms with Crippen LogP contribution >= 0.6 is 0 Å². The average molecular weight is 240 g/mol. The van der Waals surface area contributed by atoms with Crippen LogP contribution in [-0.2, 0) is 0 Å².